The highest BCUT2D eigenvalue weighted by atomic mass is 16.1. The Labute approximate surface area is 92.9 Å². The monoisotopic (exact) mass is 215 g/mol. The average Bonchev–Trinajstić information content (AvgIpc) is 2.83. The molecule has 1 fully saturated rings. The van der Waals surface area contributed by atoms with Crippen LogP contribution in [-0.4, -0.2) is 22.6 Å². The van der Waals surface area contributed by atoms with Gasteiger partial charge in [0.25, 0.3) is 5.56 Å². The van der Waals surface area contributed by atoms with Crippen molar-refractivity contribution in [3.63, 3.8) is 0 Å². The summed E-state index contributed by atoms with van der Waals surface area (Å²) in [7, 11) is 0. The zero-order chi connectivity index (χ0) is 11.0. The van der Waals surface area contributed by atoms with Gasteiger partial charge in [-0.1, -0.05) is 12.1 Å². The average molecular weight is 215 g/mol. The van der Waals surface area contributed by atoms with Crippen LogP contribution in [0.4, 0.5) is 0 Å². The third-order valence-corrected chi connectivity index (χ3v) is 3.12. The van der Waals surface area contributed by atoms with E-state index < -0.39 is 0 Å². The first-order valence-corrected chi connectivity index (χ1v) is 5.53. The molecular weight excluding hydrogens is 202 g/mol. The minimum atomic E-state index is 0.0688. The molecule has 0 amide bonds. The van der Waals surface area contributed by atoms with Crippen molar-refractivity contribution >= 4 is 10.9 Å². The van der Waals surface area contributed by atoms with Gasteiger partial charge >= 0.3 is 0 Å². The van der Waals surface area contributed by atoms with Crippen molar-refractivity contribution in [2.45, 2.75) is 12.5 Å². The fraction of sp³-hybridized carbons (Fsp3) is 0.333. The molecule has 0 aliphatic carbocycles. The van der Waals surface area contributed by atoms with Gasteiger partial charge < -0.3 is 5.32 Å². The zero-order valence-corrected chi connectivity index (χ0v) is 8.89. The molecule has 2 aromatic rings. The summed E-state index contributed by atoms with van der Waals surface area (Å²) >= 11 is 0. The van der Waals surface area contributed by atoms with Gasteiger partial charge in [0.05, 0.1) is 23.3 Å². The van der Waals surface area contributed by atoms with Crippen molar-refractivity contribution < 1.29 is 0 Å². The van der Waals surface area contributed by atoms with Crippen LogP contribution in [0.1, 0.15) is 12.5 Å². The normalized spacial score (nSPS) is 20.4. The molecule has 1 aromatic heterocycles. The first-order valence-electron chi connectivity index (χ1n) is 5.53. The fourth-order valence-corrected chi connectivity index (χ4v) is 2.22. The lowest BCUT2D eigenvalue weighted by Gasteiger charge is -2.12. The molecule has 1 saturated heterocycles. The molecule has 0 spiro atoms. The van der Waals surface area contributed by atoms with E-state index in [4.69, 9.17) is 0 Å². The molecule has 0 unspecified atom stereocenters. The van der Waals surface area contributed by atoms with Crippen molar-refractivity contribution in [2.75, 3.05) is 13.1 Å². The maximum Gasteiger partial charge on any atom is 0.261 e. The van der Waals surface area contributed by atoms with Crippen LogP contribution >= 0.6 is 0 Å². The van der Waals surface area contributed by atoms with Gasteiger partial charge in [-0.05, 0) is 25.1 Å². The molecule has 0 saturated carbocycles. The van der Waals surface area contributed by atoms with Crippen molar-refractivity contribution in [1.29, 1.82) is 0 Å². The number of hydrogen-bond donors (Lipinski definition) is 1. The van der Waals surface area contributed by atoms with E-state index in [0.29, 0.717) is 5.39 Å². The van der Waals surface area contributed by atoms with Crippen molar-refractivity contribution in [3.8, 4) is 0 Å². The maximum absolute atomic E-state index is 12.2. The second kappa shape index (κ2) is 3.72. The highest BCUT2D eigenvalue weighted by Crippen LogP contribution is 2.13. The van der Waals surface area contributed by atoms with Crippen LogP contribution in [0.3, 0.4) is 0 Å². The molecule has 1 aliphatic rings. The van der Waals surface area contributed by atoms with Gasteiger partial charge in [-0.15, -0.1) is 0 Å². The number of hydrogen-bond acceptors (Lipinski definition) is 3. The molecule has 4 nitrogen and oxygen atoms in total. The van der Waals surface area contributed by atoms with Gasteiger partial charge in [0.2, 0.25) is 0 Å². The second-order valence-electron chi connectivity index (χ2n) is 4.12. The Bertz CT molecular complexity index is 570. The molecule has 1 aliphatic heterocycles. The van der Waals surface area contributed by atoms with Gasteiger partial charge in [-0.25, -0.2) is 4.98 Å². The van der Waals surface area contributed by atoms with E-state index in [1.54, 1.807) is 10.9 Å². The number of fused-ring (bicyclic) bond motifs is 1. The van der Waals surface area contributed by atoms with Crippen LogP contribution in [0.5, 0.6) is 0 Å². The lowest BCUT2D eigenvalue weighted by atomic mass is 10.2. The van der Waals surface area contributed by atoms with Gasteiger partial charge in [-0.2, -0.15) is 0 Å². The molecule has 2 heterocycles. The molecule has 3 rings (SSSR count). The first-order chi connectivity index (χ1) is 7.86. The quantitative estimate of drug-likeness (QED) is 0.769. The first kappa shape index (κ1) is 9.54. The van der Waals surface area contributed by atoms with Crippen molar-refractivity contribution in [3.05, 3.63) is 40.9 Å². The van der Waals surface area contributed by atoms with Crippen LogP contribution < -0.4 is 10.9 Å². The van der Waals surface area contributed by atoms with E-state index in [9.17, 15) is 4.79 Å². The summed E-state index contributed by atoms with van der Waals surface area (Å²) in [6.07, 6.45) is 2.67. The minimum absolute atomic E-state index is 0.0688. The van der Waals surface area contributed by atoms with Crippen molar-refractivity contribution in [1.82, 2.24) is 14.9 Å². The van der Waals surface area contributed by atoms with E-state index >= 15 is 0 Å². The molecule has 1 atom stereocenters. The smallest absolute Gasteiger partial charge is 0.261 e. The van der Waals surface area contributed by atoms with E-state index in [-0.39, 0.29) is 11.6 Å². The molecular formula is C12H13N3O. The SMILES string of the molecule is O=c1c2ccccc2ncn1[C@@H]1CCNC1. The van der Waals surface area contributed by atoms with Gasteiger partial charge in [0.15, 0.2) is 0 Å². The Morgan fingerprint density at radius 2 is 2.25 bits per heavy atom. The summed E-state index contributed by atoms with van der Waals surface area (Å²) in [5, 5.41) is 3.96. The topological polar surface area (TPSA) is 46.9 Å². The number of benzene rings is 1. The molecule has 0 radical (unpaired) electrons. The van der Waals surface area contributed by atoms with E-state index in [0.717, 1.165) is 25.0 Å². The number of nitrogens with one attached hydrogen (secondary N) is 1. The second-order valence-corrected chi connectivity index (χ2v) is 4.12. The van der Waals surface area contributed by atoms with E-state index in [1.807, 2.05) is 24.3 Å². The summed E-state index contributed by atoms with van der Waals surface area (Å²) in [4.78, 5) is 16.5. The Morgan fingerprint density at radius 3 is 3.06 bits per heavy atom. The Kier molecular flexibility index (Phi) is 2.22. The van der Waals surface area contributed by atoms with Gasteiger partial charge in [0.1, 0.15) is 0 Å². The molecule has 82 valence electrons. The Balaban J connectivity index is 2.19. The summed E-state index contributed by atoms with van der Waals surface area (Å²) in [5.41, 5.74) is 0.842. The highest BCUT2D eigenvalue weighted by molar-refractivity contribution is 5.76. The molecule has 1 N–H and O–H groups in total. The summed E-state index contributed by atoms with van der Waals surface area (Å²) in [6, 6.07) is 7.74. The van der Waals surface area contributed by atoms with Crippen molar-refractivity contribution in [2.24, 2.45) is 0 Å². The number of para-hydroxylation sites is 1. The lowest BCUT2D eigenvalue weighted by Crippen LogP contribution is -2.26. The molecule has 4 heteroatoms. The molecule has 1 aromatic carbocycles. The summed E-state index contributed by atoms with van der Waals surface area (Å²) < 4.78 is 1.75. The zero-order valence-electron chi connectivity index (χ0n) is 8.89. The number of nitrogens with zero attached hydrogens (tertiary/aromatic N) is 2. The summed E-state index contributed by atoms with van der Waals surface area (Å²) in [6.45, 7) is 1.84. The fourth-order valence-electron chi connectivity index (χ4n) is 2.22. The number of rotatable bonds is 1. The molecule has 0 bridgehead atoms. The Hall–Kier alpha value is -1.68. The van der Waals surface area contributed by atoms with E-state index in [2.05, 4.69) is 10.3 Å². The van der Waals surface area contributed by atoms with Gasteiger partial charge in [0, 0.05) is 6.54 Å². The predicted octanol–water partition coefficient (Wildman–Crippen LogP) is 0.931. The van der Waals surface area contributed by atoms with Crippen LogP contribution in [0.25, 0.3) is 10.9 Å². The lowest BCUT2D eigenvalue weighted by molar-refractivity contribution is 0.525. The van der Waals surface area contributed by atoms with Crippen LogP contribution in [0.2, 0.25) is 0 Å². The minimum Gasteiger partial charge on any atom is -0.315 e. The maximum atomic E-state index is 12.2. The largest absolute Gasteiger partial charge is 0.315 e. The highest BCUT2D eigenvalue weighted by Gasteiger charge is 2.18. The van der Waals surface area contributed by atoms with Crippen LogP contribution in [-0.2, 0) is 0 Å². The third kappa shape index (κ3) is 1.42. The van der Waals surface area contributed by atoms with Crippen LogP contribution in [0.15, 0.2) is 35.4 Å². The van der Waals surface area contributed by atoms with Crippen LogP contribution in [0, 0.1) is 0 Å². The van der Waals surface area contributed by atoms with E-state index in [1.165, 1.54) is 0 Å². The third-order valence-electron chi connectivity index (χ3n) is 3.12. The summed E-state index contributed by atoms with van der Waals surface area (Å²) in [5.74, 6) is 0. The standard InChI is InChI=1S/C12H13N3O/c16-12-10-3-1-2-4-11(10)14-8-15(12)9-5-6-13-7-9/h1-4,8-9,13H,5-7H2/t9-/m1/s1. The molecule has 16 heavy (non-hydrogen) atoms. The number of aromatic nitrogens is 2. The predicted molar refractivity (Wildman–Crippen MR) is 62.5 cm³/mol. The Morgan fingerprint density at radius 1 is 1.38 bits per heavy atom. The van der Waals surface area contributed by atoms with Gasteiger partial charge in [-0.3, -0.25) is 9.36 Å².